The largest absolute Gasteiger partial charge is 0.483 e. The van der Waals surface area contributed by atoms with Gasteiger partial charge in [-0.2, -0.15) is 5.10 Å². The normalized spacial score (nSPS) is 10.6. The van der Waals surface area contributed by atoms with Crippen LogP contribution < -0.4 is 10.1 Å². The minimum Gasteiger partial charge on any atom is -0.483 e. The van der Waals surface area contributed by atoms with Crippen LogP contribution in [0.2, 0.25) is 0 Å². The molecule has 1 aromatic heterocycles. The molecule has 0 aliphatic carbocycles. The third-order valence-electron chi connectivity index (χ3n) is 3.98. The highest BCUT2D eigenvalue weighted by Crippen LogP contribution is 2.16. The molecule has 0 atom stereocenters. The van der Waals surface area contributed by atoms with Crippen molar-refractivity contribution in [1.29, 1.82) is 0 Å². The summed E-state index contributed by atoms with van der Waals surface area (Å²) in [5.74, 6) is 0.504. The number of halogens is 1. The summed E-state index contributed by atoms with van der Waals surface area (Å²) in [5, 5.41) is 7.02. The number of carbonyl (C=O) groups is 1. The van der Waals surface area contributed by atoms with E-state index in [1.807, 2.05) is 38.1 Å². The number of nitrogens with one attached hydrogen (secondary N) is 1. The number of aryl methyl sites for hydroxylation is 2. The molecule has 1 N–H and O–H groups in total. The maximum Gasteiger partial charge on any atom is 0.263 e. The number of carbonyl (C=O) groups excluding carboxylic acids is 1. The van der Waals surface area contributed by atoms with Gasteiger partial charge >= 0.3 is 0 Å². The predicted octanol–water partition coefficient (Wildman–Crippen LogP) is 3.70. The average Bonchev–Trinajstić information content (AvgIpc) is 2.95. The van der Waals surface area contributed by atoms with Gasteiger partial charge in [-0.15, -0.1) is 0 Å². The lowest BCUT2D eigenvalue weighted by Gasteiger charge is -2.08. The molecule has 0 radical (unpaired) electrons. The number of rotatable bonds is 6. The van der Waals surface area contributed by atoms with Crippen molar-refractivity contribution >= 4 is 11.7 Å². The molecule has 0 spiro atoms. The first kappa shape index (κ1) is 17.7. The Bertz CT molecular complexity index is 921. The summed E-state index contributed by atoms with van der Waals surface area (Å²) in [5.41, 5.74) is 2.33. The molecule has 0 saturated carbocycles. The van der Waals surface area contributed by atoms with E-state index < -0.39 is 0 Å². The summed E-state index contributed by atoms with van der Waals surface area (Å²) >= 11 is 0. The van der Waals surface area contributed by atoms with Gasteiger partial charge in [-0.1, -0.05) is 36.4 Å². The Balaban J connectivity index is 1.61. The maximum atomic E-state index is 13.8. The zero-order valence-electron chi connectivity index (χ0n) is 14.7. The minimum absolute atomic E-state index is 0.107. The zero-order chi connectivity index (χ0) is 18.5. The van der Waals surface area contributed by atoms with Crippen molar-refractivity contribution in [2.75, 3.05) is 11.9 Å². The lowest BCUT2D eigenvalue weighted by molar-refractivity contribution is -0.118. The number of hydrogen-bond acceptors (Lipinski definition) is 3. The molecule has 3 aromatic rings. The Morgan fingerprint density at radius 3 is 2.65 bits per heavy atom. The first-order valence-corrected chi connectivity index (χ1v) is 8.29. The standard InChI is InChI=1S/C20H20FN3O2/c1-14-7-3-6-10-18(14)26-13-20(25)22-19-11-15(2)24(23-19)12-16-8-4-5-9-17(16)21/h3-11H,12-13H2,1-2H3,(H,22,23,25). The Morgan fingerprint density at radius 1 is 1.15 bits per heavy atom. The molecular weight excluding hydrogens is 333 g/mol. The third kappa shape index (κ3) is 4.27. The van der Waals surface area contributed by atoms with Gasteiger partial charge in [-0.25, -0.2) is 4.39 Å². The number of hydrogen-bond donors (Lipinski definition) is 1. The Labute approximate surface area is 151 Å². The quantitative estimate of drug-likeness (QED) is 0.735. The van der Waals surface area contributed by atoms with Crippen LogP contribution >= 0.6 is 0 Å². The van der Waals surface area contributed by atoms with Gasteiger partial charge in [-0.3, -0.25) is 9.48 Å². The fourth-order valence-corrected chi connectivity index (χ4v) is 2.56. The third-order valence-corrected chi connectivity index (χ3v) is 3.98. The molecule has 5 nitrogen and oxygen atoms in total. The lowest BCUT2D eigenvalue weighted by atomic mass is 10.2. The summed E-state index contributed by atoms with van der Waals surface area (Å²) in [7, 11) is 0. The highest BCUT2D eigenvalue weighted by Gasteiger charge is 2.11. The predicted molar refractivity (Wildman–Crippen MR) is 97.8 cm³/mol. The van der Waals surface area contributed by atoms with Crippen LogP contribution in [-0.2, 0) is 11.3 Å². The van der Waals surface area contributed by atoms with Crippen LogP contribution in [0.15, 0.2) is 54.6 Å². The molecule has 134 valence electrons. The summed E-state index contributed by atoms with van der Waals surface area (Å²) < 4.78 is 21.0. The highest BCUT2D eigenvalue weighted by atomic mass is 19.1. The van der Waals surface area contributed by atoms with Gasteiger partial charge in [-0.05, 0) is 31.5 Å². The molecular formula is C20H20FN3O2. The minimum atomic E-state index is -0.302. The van der Waals surface area contributed by atoms with Gasteiger partial charge in [0, 0.05) is 17.3 Å². The molecule has 0 fully saturated rings. The second-order valence-electron chi connectivity index (χ2n) is 6.02. The number of amides is 1. The van der Waals surface area contributed by atoms with Crippen LogP contribution in [0.3, 0.4) is 0 Å². The van der Waals surface area contributed by atoms with Crippen LogP contribution in [-0.4, -0.2) is 22.3 Å². The summed E-state index contributed by atoms with van der Waals surface area (Å²) in [6.45, 7) is 3.96. The monoisotopic (exact) mass is 353 g/mol. The van der Waals surface area contributed by atoms with Crippen LogP contribution in [0.4, 0.5) is 10.2 Å². The Hall–Kier alpha value is -3.15. The van der Waals surface area contributed by atoms with E-state index in [-0.39, 0.29) is 18.3 Å². The van der Waals surface area contributed by atoms with Crippen LogP contribution in [0.25, 0.3) is 0 Å². The summed E-state index contributed by atoms with van der Waals surface area (Å²) in [6, 6.07) is 15.8. The van der Waals surface area contributed by atoms with Gasteiger partial charge in [0.1, 0.15) is 11.6 Å². The molecule has 1 heterocycles. The van der Waals surface area contributed by atoms with E-state index in [9.17, 15) is 9.18 Å². The van der Waals surface area contributed by atoms with Gasteiger partial charge in [0.15, 0.2) is 12.4 Å². The molecule has 26 heavy (non-hydrogen) atoms. The number of aromatic nitrogens is 2. The molecule has 0 aliphatic heterocycles. The van der Waals surface area contributed by atoms with E-state index in [1.54, 1.807) is 28.9 Å². The van der Waals surface area contributed by atoms with Gasteiger partial charge < -0.3 is 10.1 Å². The molecule has 2 aromatic carbocycles. The number of anilines is 1. The molecule has 0 unspecified atom stereocenters. The van der Waals surface area contributed by atoms with Crippen molar-refractivity contribution in [2.45, 2.75) is 20.4 Å². The smallest absolute Gasteiger partial charge is 0.263 e. The molecule has 3 rings (SSSR count). The number of nitrogens with zero attached hydrogens (tertiary/aromatic N) is 2. The molecule has 0 saturated heterocycles. The summed E-state index contributed by atoms with van der Waals surface area (Å²) in [6.07, 6.45) is 0. The van der Waals surface area contributed by atoms with Crippen LogP contribution in [0, 0.1) is 19.7 Å². The van der Waals surface area contributed by atoms with Gasteiger partial charge in [0.05, 0.1) is 6.54 Å². The lowest BCUT2D eigenvalue weighted by Crippen LogP contribution is -2.20. The van der Waals surface area contributed by atoms with E-state index >= 15 is 0 Å². The molecule has 6 heteroatoms. The van der Waals surface area contributed by atoms with Crippen LogP contribution in [0.5, 0.6) is 5.75 Å². The second kappa shape index (κ2) is 7.82. The highest BCUT2D eigenvalue weighted by molar-refractivity contribution is 5.91. The molecule has 0 aliphatic rings. The second-order valence-corrected chi connectivity index (χ2v) is 6.02. The fraction of sp³-hybridized carbons (Fsp3) is 0.200. The van der Waals surface area contributed by atoms with Crippen molar-refractivity contribution < 1.29 is 13.9 Å². The molecule has 0 bridgehead atoms. The van der Waals surface area contributed by atoms with Gasteiger partial charge in [0.2, 0.25) is 0 Å². The van der Waals surface area contributed by atoms with Gasteiger partial charge in [0.25, 0.3) is 5.91 Å². The SMILES string of the molecule is Cc1ccccc1OCC(=O)Nc1cc(C)n(Cc2ccccc2F)n1. The first-order valence-electron chi connectivity index (χ1n) is 8.29. The van der Waals surface area contributed by atoms with E-state index in [2.05, 4.69) is 10.4 Å². The average molecular weight is 353 g/mol. The van der Waals surface area contributed by atoms with Crippen LogP contribution in [0.1, 0.15) is 16.8 Å². The fourth-order valence-electron chi connectivity index (χ4n) is 2.56. The number of ether oxygens (including phenoxy) is 1. The number of benzene rings is 2. The molecule has 1 amide bonds. The summed E-state index contributed by atoms with van der Waals surface area (Å²) in [4.78, 5) is 12.1. The Kier molecular flexibility index (Phi) is 5.31. The Morgan fingerprint density at radius 2 is 1.88 bits per heavy atom. The van der Waals surface area contributed by atoms with Crippen molar-refractivity contribution in [3.63, 3.8) is 0 Å². The van der Waals surface area contributed by atoms with E-state index in [1.165, 1.54) is 6.07 Å². The first-order chi connectivity index (χ1) is 12.5. The van der Waals surface area contributed by atoms with E-state index in [4.69, 9.17) is 4.74 Å². The zero-order valence-corrected chi connectivity index (χ0v) is 14.7. The number of para-hydroxylation sites is 1. The topological polar surface area (TPSA) is 56.1 Å². The maximum absolute atomic E-state index is 13.8. The van der Waals surface area contributed by atoms with E-state index in [0.29, 0.717) is 23.7 Å². The van der Waals surface area contributed by atoms with Crippen molar-refractivity contribution in [3.8, 4) is 5.75 Å². The van der Waals surface area contributed by atoms with Crippen molar-refractivity contribution in [2.24, 2.45) is 0 Å². The van der Waals surface area contributed by atoms with Crippen molar-refractivity contribution in [1.82, 2.24) is 9.78 Å². The van der Waals surface area contributed by atoms with Crippen molar-refractivity contribution in [3.05, 3.63) is 77.2 Å². The van der Waals surface area contributed by atoms with E-state index in [0.717, 1.165) is 11.3 Å².